The lowest BCUT2D eigenvalue weighted by molar-refractivity contribution is -0.0586. The van der Waals surface area contributed by atoms with E-state index in [4.69, 9.17) is 4.74 Å². The van der Waals surface area contributed by atoms with Crippen LogP contribution in [0.15, 0.2) is 21.9 Å². The van der Waals surface area contributed by atoms with Crippen LogP contribution < -0.4 is 11.2 Å². The van der Waals surface area contributed by atoms with E-state index in [1.54, 1.807) is 4.90 Å². The van der Waals surface area contributed by atoms with Crippen molar-refractivity contribution in [1.82, 2.24) is 19.4 Å². The van der Waals surface area contributed by atoms with Crippen LogP contribution in [0, 0.1) is 0 Å². The maximum Gasteiger partial charge on any atom is 0.329 e. The quantitative estimate of drug-likeness (QED) is 0.884. The number of ether oxygens (including phenoxy) is 1. The Morgan fingerprint density at radius 1 is 1.32 bits per heavy atom. The van der Waals surface area contributed by atoms with Gasteiger partial charge in [0.2, 0.25) is 0 Å². The highest BCUT2D eigenvalue weighted by Crippen LogP contribution is 2.16. The third-order valence-electron chi connectivity index (χ3n) is 4.23. The fraction of sp³-hybridized carbons (Fsp3) is 0.529. The zero-order valence-corrected chi connectivity index (χ0v) is 14.6. The summed E-state index contributed by atoms with van der Waals surface area (Å²) in [4.78, 5) is 45.1. The van der Waals surface area contributed by atoms with E-state index in [1.165, 1.54) is 16.8 Å². The first-order valence-corrected chi connectivity index (χ1v) is 8.48. The number of rotatable bonds is 3. The molecule has 1 saturated heterocycles. The predicted octanol–water partition coefficient (Wildman–Crippen LogP) is 0.744. The molecular weight excluding hydrogens is 324 g/mol. The standard InChI is InChI=1S/C17H22N4O4/c1-4-5-21-14-13(15(22)19-17(21)24)6-12(7-18-14)16(23)20-8-10(2)25-11(3)9-20/h6-7,10-11H,4-5,8-9H2,1-3H3,(H,19,22,24)/t10-,11+. The van der Waals surface area contributed by atoms with Gasteiger partial charge in [0, 0.05) is 25.8 Å². The number of hydrogen-bond donors (Lipinski definition) is 1. The summed E-state index contributed by atoms with van der Waals surface area (Å²) in [5.74, 6) is -0.191. The molecule has 1 fully saturated rings. The first-order chi connectivity index (χ1) is 11.9. The topological polar surface area (TPSA) is 97.3 Å². The van der Waals surface area contributed by atoms with Crippen LogP contribution in [-0.4, -0.2) is 50.6 Å². The molecule has 8 heteroatoms. The van der Waals surface area contributed by atoms with Gasteiger partial charge in [-0.2, -0.15) is 0 Å². The molecule has 2 atom stereocenters. The van der Waals surface area contributed by atoms with E-state index in [2.05, 4.69) is 9.97 Å². The molecule has 3 rings (SSSR count). The summed E-state index contributed by atoms with van der Waals surface area (Å²) in [6.07, 6.45) is 2.08. The van der Waals surface area contributed by atoms with E-state index in [-0.39, 0.29) is 23.5 Å². The Hall–Kier alpha value is -2.48. The van der Waals surface area contributed by atoms with E-state index in [1.807, 2.05) is 20.8 Å². The van der Waals surface area contributed by atoms with Crippen molar-refractivity contribution in [3.8, 4) is 0 Å². The molecule has 0 radical (unpaired) electrons. The molecule has 1 amide bonds. The van der Waals surface area contributed by atoms with E-state index in [0.717, 1.165) is 6.42 Å². The molecule has 2 aromatic rings. The van der Waals surface area contributed by atoms with Crippen molar-refractivity contribution in [3.63, 3.8) is 0 Å². The number of hydrogen-bond acceptors (Lipinski definition) is 5. The number of carbonyl (C=O) groups excluding carboxylic acids is 1. The van der Waals surface area contributed by atoms with Crippen molar-refractivity contribution >= 4 is 16.9 Å². The summed E-state index contributed by atoms with van der Waals surface area (Å²) in [6, 6.07) is 1.51. The minimum absolute atomic E-state index is 0.0424. The third-order valence-corrected chi connectivity index (χ3v) is 4.23. The number of amides is 1. The summed E-state index contributed by atoms with van der Waals surface area (Å²) in [7, 11) is 0. The highest BCUT2D eigenvalue weighted by Gasteiger charge is 2.27. The number of morpholine rings is 1. The van der Waals surface area contributed by atoms with Crippen molar-refractivity contribution in [2.75, 3.05) is 13.1 Å². The van der Waals surface area contributed by atoms with Gasteiger partial charge in [-0.3, -0.25) is 19.1 Å². The molecule has 0 saturated carbocycles. The van der Waals surface area contributed by atoms with Crippen LogP contribution in [0.4, 0.5) is 0 Å². The molecule has 8 nitrogen and oxygen atoms in total. The smallest absolute Gasteiger partial charge is 0.329 e. The molecule has 0 unspecified atom stereocenters. The molecule has 1 aliphatic rings. The Kier molecular flexibility index (Phi) is 4.71. The minimum atomic E-state index is -0.529. The molecule has 0 aliphatic carbocycles. The molecule has 2 aromatic heterocycles. The summed E-state index contributed by atoms with van der Waals surface area (Å²) < 4.78 is 7.07. The first-order valence-electron chi connectivity index (χ1n) is 8.48. The van der Waals surface area contributed by atoms with Gasteiger partial charge in [-0.15, -0.1) is 0 Å². The zero-order valence-electron chi connectivity index (χ0n) is 14.6. The lowest BCUT2D eigenvalue weighted by atomic mass is 10.1. The first kappa shape index (κ1) is 17.3. The van der Waals surface area contributed by atoms with Gasteiger partial charge in [0.05, 0.1) is 23.2 Å². The van der Waals surface area contributed by atoms with Crippen molar-refractivity contribution in [2.45, 2.75) is 45.9 Å². The van der Waals surface area contributed by atoms with Crippen LogP contribution in [0.5, 0.6) is 0 Å². The highest BCUT2D eigenvalue weighted by molar-refractivity contribution is 5.96. The van der Waals surface area contributed by atoms with E-state index in [9.17, 15) is 14.4 Å². The lowest BCUT2D eigenvalue weighted by Crippen LogP contribution is -2.48. The molecule has 25 heavy (non-hydrogen) atoms. The fourth-order valence-corrected chi connectivity index (χ4v) is 3.24. The number of nitrogens with zero attached hydrogens (tertiary/aromatic N) is 3. The second-order valence-corrected chi connectivity index (χ2v) is 6.47. The summed E-state index contributed by atoms with van der Waals surface area (Å²) in [5, 5.41) is 0.244. The number of pyridine rings is 1. The molecule has 0 spiro atoms. The largest absolute Gasteiger partial charge is 0.372 e. The van der Waals surface area contributed by atoms with Gasteiger partial charge in [-0.25, -0.2) is 9.78 Å². The molecule has 1 aliphatic heterocycles. The van der Waals surface area contributed by atoms with Gasteiger partial charge in [0.1, 0.15) is 5.65 Å². The average Bonchev–Trinajstić information content (AvgIpc) is 2.56. The molecule has 3 heterocycles. The van der Waals surface area contributed by atoms with Crippen LogP contribution in [0.2, 0.25) is 0 Å². The van der Waals surface area contributed by atoms with Crippen molar-refractivity contribution in [1.29, 1.82) is 0 Å². The molecular formula is C17H22N4O4. The van der Waals surface area contributed by atoms with Crippen molar-refractivity contribution in [2.24, 2.45) is 0 Å². The summed E-state index contributed by atoms with van der Waals surface area (Å²) >= 11 is 0. The zero-order chi connectivity index (χ0) is 18.1. The van der Waals surface area contributed by atoms with E-state index < -0.39 is 11.2 Å². The molecule has 1 N–H and O–H groups in total. The van der Waals surface area contributed by atoms with Gasteiger partial charge in [-0.1, -0.05) is 6.92 Å². The molecule has 0 aromatic carbocycles. The number of aromatic nitrogens is 3. The third kappa shape index (κ3) is 3.34. The molecule has 134 valence electrons. The SMILES string of the molecule is CCCn1c(=O)[nH]c(=O)c2cc(C(=O)N3C[C@@H](C)O[C@@H](C)C3)cnc21. The van der Waals surface area contributed by atoms with E-state index >= 15 is 0 Å². The maximum absolute atomic E-state index is 12.8. The number of carbonyl (C=O) groups is 1. The highest BCUT2D eigenvalue weighted by atomic mass is 16.5. The lowest BCUT2D eigenvalue weighted by Gasteiger charge is -2.35. The van der Waals surface area contributed by atoms with E-state index in [0.29, 0.717) is 30.8 Å². The van der Waals surface area contributed by atoms with Crippen LogP contribution in [0.25, 0.3) is 11.0 Å². The second kappa shape index (κ2) is 6.79. The van der Waals surface area contributed by atoms with Gasteiger partial charge in [0.15, 0.2) is 0 Å². The number of aromatic amines is 1. The Bertz CT molecular complexity index is 907. The fourth-order valence-electron chi connectivity index (χ4n) is 3.24. The number of fused-ring (bicyclic) bond motifs is 1. The van der Waals surface area contributed by atoms with Crippen LogP contribution in [-0.2, 0) is 11.3 Å². The number of H-pyrrole nitrogens is 1. The Labute approximate surface area is 144 Å². The van der Waals surface area contributed by atoms with Crippen molar-refractivity contribution in [3.05, 3.63) is 38.7 Å². The number of nitrogens with one attached hydrogen (secondary N) is 1. The number of aryl methyl sites for hydroxylation is 1. The Morgan fingerprint density at radius 2 is 2.00 bits per heavy atom. The summed E-state index contributed by atoms with van der Waals surface area (Å²) in [6.45, 7) is 7.21. The second-order valence-electron chi connectivity index (χ2n) is 6.47. The normalized spacial score (nSPS) is 20.8. The maximum atomic E-state index is 12.8. The van der Waals surface area contributed by atoms with Gasteiger partial charge >= 0.3 is 5.69 Å². The van der Waals surface area contributed by atoms with Crippen molar-refractivity contribution < 1.29 is 9.53 Å². The van der Waals surface area contributed by atoms with Crippen LogP contribution in [0.3, 0.4) is 0 Å². The average molecular weight is 346 g/mol. The van der Waals surface area contributed by atoms with Crippen LogP contribution >= 0.6 is 0 Å². The van der Waals surface area contributed by atoms with Gasteiger partial charge in [-0.05, 0) is 26.3 Å². The monoisotopic (exact) mass is 346 g/mol. The van der Waals surface area contributed by atoms with Gasteiger partial charge in [0.25, 0.3) is 11.5 Å². The van der Waals surface area contributed by atoms with Crippen LogP contribution in [0.1, 0.15) is 37.6 Å². The molecule has 0 bridgehead atoms. The summed E-state index contributed by atoms with van der Waals surface area (Å²) in [5.41, 5.74) is -0.378. The van der Waals surface area contributed by atoms with Gasteiger partial charge < -0.3 is 9.64 Å². The predicted molar refractivity (Wildman–Crippen MR) is 92.8 cm³/mol. The Morgan fingerprint density at radius 3 is 2.64 bits per heavy atom. The Balaban J connectivity index is 2.02. The minimum Gasteiger partial charge on any atom is -0.372 e.